The highest BCUT2D eigenvalue weighted by molar-refractivity contribution is 7.10. The summed E-state index contributed by atoms with van der Waals surface area (Å²) in [5, 5.41) is 4.35. The molecule has 3 aromatic heterocycles. The molecule has 0 aliphatic heterocycles. The van der Waals surface area contributed by atoms with Crippen LogP contribution in [0.15, 0.2) is 47.2 Å². The Kier molecular flexibility index (Phi) is 6.12. The van der Waals surface area contributed by atoms with Crippen molar-refractivity contribution in [2.75, 3.05) is 0 Å². The molecule has 3 rings (SSSR count). The van der Waals surface area contributed by atoms with Gasteiger partial charge in [-0.2, -0.15) is 0 Å². The Bertz CT molecular complexity index is 624. The molecule has 122 valence electrons. The predicted molar refractivity (Wildman–Crippen MR) is 103 cm³/mol. The molecule has 0 atom stereocenters. The van der Waals surface area contributed by atoms with E-state index in [1.807, 2.05) is 22.7 Å². The minimum atomic E-state index is 1.07. The van der Waals surface area contributed by atoms with Crippen molar-refractivity contribution in [1.29, 1.82) is 0 Å². The highest BCUT2D eigenvalue weighted by Gasteiger charge is 2.10. The van der Waals surface area contributed by atoms with Crippen LogP contribution in [0.1, 0.15) is 53.7 Å². The molecule has 0 radical (unpaired) electrons. The van der Waals surface area contributed by atoms with Crippen molar-refractivity contribution in [1.82, 2.24) is 4.57 Å². The molecular formula is C20H25NS2. The Hall–Kier alpha value is -1.32. The summed E-state index contributed by atoms with van der Waals surface area (Å²) >= 11 is 3.72. The molecular weight excluding hydrogens is 318 g/mol. The number of nitrogens with zero attached hydrogens (tertiary/aromatic N) is 1. The molecule has 3 aromatic rings. The molecule has 0 aliphatic carbocycles. The van der Waals surface area contributed by atoms with Gasteiger partial charge in [0.1, 0.15) is 0 Å². The van der Waals surface area contributed by atoms with E-state index >= 15 is 0 Å². The fourth-order valence-electron chi connectivity index (χ4n) is 3.03. The van der Waals surface area contributed by atoms with Crippen LogP contribution >= 0.6 is 22.7 Å². The van der Waals surface area contributed by atoms with Crippen molar-refractivity contribution in [3.05, 3.63) is 68.3 Å². The molecule has 0 fully saturated rings. The molecule has 0 amide bonds. The van der Waals surface area contributed by atoms with Crippen LogP contribution in [0.25, 0.3) is 0 Å². The standard InChI is InChI=1S/C20H25NS2/c1-2-3-4-5-12-21-17(15-19-8-6-13-22-19)10-11-18(21)16-20-9-7-14-23-20/h6-11,13-14H,2-5,12,15-16H2,1H3. The third-order valence-electron chi connectivity index (χ3n) is 4.27. The molecule has 1 nitrogen and oxygen atoms in total. The molecule has 0 saturated heterocycles. The molecule has 0 saturated carbocycles. The van der Waals surface area contributed by atoms with E-state index in [0.29, 0.717) is 0 Å². The second kappa shape index (κ2) is 8.51. The molecule has 3 heterocycles. The zero-order valence-electron chi connectivity index (χ0n) is 13.8. The fourth-order valence-corrected chi connectivity index (χ4v) is 4.47. The first-order chi connectivity index (χ1) is 11.4. The minimum Gasteiger partial charge on any atom is -0.348 e. The Balaban J connectivity index is 1.75. The first-order valence-electron chi connectivity index (χ1n) is 8.59. The van der Waals surface area contributed by atoms with Crippen molar-refractivity contribution < 1.29 is 0 Å². The van der Waals surface area contributed by atoms with Crippen molar-refractivity contribution >= 4 is 22.7 Å². The number of unbranched alkanes of at least 4 members (excludes halogenated alkanes) is 3. The minimum absolute atomic E-state index is 1.07. The molecule has 0 aliphatic rings. The highest BCUT2D eigenvalue weighted by Crippen LogP contribution is 2.22. The number of aromatic nitrogens is 1. The van der Waals surface area contributed by atoms with Crippen LogP contribution in [-0.4, -0.2) is 4.57 Å². The summed E-state index contributed by atoms with van der Waals surface area (Å²) in [4.78, 5) is 2.92. The molecule has 0 unspecified atom stereocenters. The number of rotatable bonds is 9. The third kappa shape index (κ3) is 4.58. The average Bonchev–Trinajstić information content (AvgIpc) is 3.29. The van der Waals surface area contributed by atoms with Gasteiger partial charge in [-0.1, -0.05) is 38.3 Å². The monoisotopic (exact) mass is 343 g/mol. The molecule has 0 aromatic carbocycles. The van der Waals surface area contributed by atoms with Crippen molar-refractivity contribution in [2.24, 2.45) is 0 Å². The van der Waals surface area contributed by atoms with Crippen LogP contribution < -0.4 is 0 Å². The second-order valence-electron chi connectivity index (χ2n) is 6.04. The smallest absolute Gasteiger partial charge is 0.0229 e. The molecule has 3 heteroatoms. The third-order valence-corrected chi connectivity index (χ3v) is 6.02. The first kappa shape index (κ1) is 16.5. The van der Waals surface area contributed by atoms with Gasteiger partial charge in [0.2, 0.25) is 0 Å². The predicted octanol–water partition coefficient (Wildman–Crippen LogP) is 6.37. The normalized spacial score (nSPS) is 11.2. The lowest BCUT2D eigenvalue weighted by molar-refractivity contribution is 0.561. The average molecular weight is 344 g/mol. The van der Waals surface area contributed by atoms with Gasteiger partial charge in [0.25, 0.3) is 0 Å². The van der Waals surface area contributed by atoms with Gasteiger partial charge in [-0.25, -0.2) is 0 Å². The van der Waals surface area contributed by atoms with E-state index in [0.717, 1.165) is 19.4 Å². The maximum Gasteiger partial charge on any atom is 0.0229 e. The van der Waals surface area contributed by atoms with E-state index in [1.165, 1.54) is 46.8 Å². The summed E-state index contributed by atoms with van der Waals surface area (Å²) < 4.78 is 2.58. The molecule has 23 heavy (non-hydrogen) atoms. The lowest BCUT2D eigenvalue weighted by Crippen LogP contribution is -2.08. The van der Waals surface area contributed by atoms with E-state index < -0.39 is 0 Å². The van der Waals surface area contributed by atoms with Crippen molar-refractivity contribution in [3.63, 3.8) is 0 Å². The van der Waals surface area contributed by atoms with Crippen molar-refractivity contribution in [3.8, 4) is 0 Å². The maximum absolute atomic E-state index is 2.58. The van der Waals surface area contributed by atoms with Gasteiger partial charge >= 0.3 is 0 Å². The second-order valence-corrected chi connectivity index (χ2v) is 8.11. The number of thiophene rings is 2. The summed E-state index contributed by atoms with van der Waals surface area (Å²) in [5.74, 6) is 0. The lowest BCUT2D eigenvalue weighted by Gasteiger charge is -2.13. The van der Waals surface area contributed by atoms with E-state index in [4.69, 9.17) is 0 Å². The zero-order chi connectivity index (χ0) is 15.9. The number of hydrogen-bond donors (Lipinski definition) is 0. The van der Waals surface area contributed by atoms with Crippen LogP contribution in [-0.2, 0) is 19.4 Å². The number of hydrogen-bond acceptors (Lipinski definition) is 2. The van der Waals surface area contributed by atoms with Crippen LogP contribution in [0.5, 0.6) is 0 Å². The fraction of sp³-hybridized carbons (Fsp3) is 0.400. The lowest BCUT2D eigenvalue weighted by atomic mass is 10.2. The summed E-state index contributed by atoms with van der Waals surface area (Å²) in [6.07, 6.45) is 7.41. The molecule has 0 bridgehead atoms. The zero-order valence-corrected chi connectivity index (χ0v) is 15.5. The maximum atomic E-state index is 2.58. The highest BCUT2D eigenvalue weighted by atomic mass is 32.1. The molecule has 0 N–H and O–H groups in total. The van der Waals surface area contributed by atoms with E-state index in [1.54, 1.807) is 0 Å². The quantitative estimate of drug-likeness (QED) is 0.398. The largest absolute Gasteiger partial charge is 0.348 e. The van der Waals surface area contributed by atoms with Crippen molar-refractivity contribution in [2.45, 2.75) is 52.0 Å². The van der Waals surface area contributed by atoms with Gasteiger partial charge in [-0.3, -0.25) is 0 Å². The Morgan fingerprint density at radius 2 is 1.39 bits per heavy atom. The van der Waals surface area contributed by atoms with E-state index in [2.05, 4.69) is 58.6 Å². The Morgan fingerprint density at radius 1 is 0.783 bits per heavy atom. The first-order valence-corrected chi connectivity index (χ1v) is 10.3. The van der Waals surface area contributed by atoms with Gasteiger partial charge in [-0.15, -0.1) is 22.7 Å². The van der Waals surface area contributed by atoms with Gasteiger partial charge in [-0.05, 0) is 41.4 Å². The summed E-state index contributed by atoms with van der Waals surface area (Å²) in [6.45, 7) is 3.44. The van der Waals surface area contributed by atoms with Gasteiger partial charge in [0.15, 0.2) is 0 Å². The Morgan fingerprint density at radius 3 is 1.87 bits per heavy atom. The Labute approximate surface area is 147 Å². The van der Waals surface area contributed by atoms with Gasteiger partial charge < -0.3 is 4.57 Å². The van der Waals surface area contributed by atoms with E-state index in [9.17, 15) is 0 Å². The summed E-state index contributed by atoms with van der Waals surface area (Å²) in [6, 6.07) is 13.5. The van der Waals surface area contributed by atoms with E-state index in [-0.39, 0.29) is 0 Å². The van der Waals surface area contributed by atoms with Gasteiger partial charge in [0.05, 0.1) is 0 Å². The van der Waals surface area contributed by atoms with Crippen LogP contribution in [0.4, 0.5) is 0 Å². The van der Waals surface area contributed by atoms with Crippen LogP contribution in [0.3, 0.4) is 0 Å². The van der Waals surface area contributed by atoms with Crippen LogP contribution in [0.2, 0.25) is 0 Å². The topological polar surface area (TPSA) is 4.93 Å². The van der Waals surface area contributed by atoms with Gasteiger partial charge in [0, 0.05) is 40.5 Å². The molecule has 0 spiro atoms. The summed E-state index contributed by atoms with van der Waals surface area (Å²) in [5.41, 5.74) is 2.94. The summed E-state index contributed by atoms with van der Waals surface area (Å²) in [7, 11) is 0. The SMILES string of the molecule is CCCCCCn1c(Cc2cccs2)ccc1Cc1cccs1. The van der Waals surface area contributed by atoms with Crippen LogP contribution in [0, 0.1) is 0 Å².